The molecule has 0 heterocycles. The van der Waals surface area contributed by atoms with Crippen molar-refractivity contribution in [2.24, 2.45) is 0 Å². The van der Waals surface area contributed by atoms with Crippen LogP contribution in [-0.4, -0.2) is 0 Å². The van der Waals surface area contributed by atoms with E-state index in [9.17, 15) is 0 Å². The monoisotopic (exact) mass is 242 g/mol. The molecule has 1 unspecified atom stereocenters. The van der Waals surface area contributed by atoms with Crippen LogP contribution in [0.4, 0.5) is 0 Å². The van der Waals surface area contributed by atoms with E-state index in [4.69, 9.17) is 46.4 Å². The van der Waals surface area contributed by atoms with Gasteiger partial charge in [0.25, 0.3) is 0 Å². The van der Waals surface area contributed by atoms with Crippen molar-refractivity contribution in [3.05, 3.63) is 32.8 Å². The van der Waals surface area contributed by atoms with Crippen LogP contribution < -0.4 is 0 Å². The van der Waals surface area contributed by atoms with Crippen molar-refractivity contribution in [1.82, 2.24) is 0 Å². The minimum absolute atomic E-state index is 0.160. The molecule has 0 aromatic heterocycles. The van der Waals surface area contributed by atoms with Crippen molar-refractivity contribution >= 4 is 46.4 Å². The summed E-state index contributed by atoms with van der Waals surface area (Å²) in [5.74, 6) is 0. The predicted molar refractivity (Wildman–Crippen MR) is 55.7 cm³/mol. The summed E-state index contributed by atoms with van der Waals surface area (Å²) in [7, 11) is 0. The molecule has 0 nitrogen and oxygen atoms in total. The van der Waals surface area contributed by atoms with Crippen molar-refractivity contribution in [1.29, 1.82) is 0 Å². The molecule has 4 heteroatoms. The lowest BCUT2D eigenvalue weighted by atomic mass is 10.2. The normalized spacial score (nSPS) is 13.1. The number of hydrogen-bond acceptors (Lipinski definition) is 0. The Kier molecular flexibility index (Phi) is 3.54. The van der Waals surface area contributed by atoms with Crippen LogP contribution in [0.15, 0.2) is 12.1 Å². The molecule has 1 atom stereocenters. The second-order valence-electron chi connectivity index (χ2n) is 2.38. The van der Waals surface area contributed by atoms with E-state index in [0.717, 1.165) is 5.56 Å². The second kappa shape index (κ2) is 4.06. The average Bonchev–Trinajstić information content (AvgIpc) is 2.00. The Bertz CT molecular complexity index is 293. The van der Waals surface area contributed by atoms with Crippen molar-refractivity contribution in [2.75, 3.05) is 0 Å². The zero-order valence-electron chi connectivity index (χ0n) is 6.24. The Morgan fingerprint density at radius 1 is 1.08 bits per heavy atom. The van der Waals surface area contributed by atoms with Gasteiger partial charge in [0.2, 0.25) is 0 Å². The molecule has 0 spiro atoms. The number of halogens is 4. The summed E-state index contributed by atoms with van der Waals surface area (Å²) < 4.78 is 0. The number of alkyl halides is 1. The van der Waals surface area contributed by atoms with E-state index >= 15 is 0 Å². The van der Waals surface area contributed by atoms with Gasteiger partial charge in [0, 0.05) is 0 Å². The third kappa shape index (κ3) is 2.00. The molecule has 0 N–H and O–H groups in total. The van der Waals surface area contributed by atoms with E-state index in [1.807, 2.05) is 6.92 Å². The Balaban J connectivity index is 3.27. The first-order valence-corrected chi connectivity index (χ1v) is 4.88. The summed E-state index contributed by atoms with van der Waals surface area (Å²) in [6.45, 7) is 1.83. The Morgan fingerprint density at radius 3 is 2.17 bits per heavy atom. The Hall–Kier alpha value is 0.380. The Morgan fingerprint density at radius 2 is 1.67 bits per heavy atom. The highest BCUT2D eigenvalue weighted by atomic mass is 35.5. The van der Waals surface area contributed by atoms with E-state index in [0.29, 0.717) is 15.1 Å². The third-order valence-electron chi connectivity index (χ3n) is 1.49. The largest absolute Gasteiger partial charge is 0.118 e. The predicted octanol–water partition coefficient (Wildman–Crippen LogP) is 4.95. The fourth-order valence-corrected chi connectivity index (χ4v) is 1.79. The van der Waals surface area contributed by atoms with Gasteiger partial charge in [-0.3, -0.25) is 0 Å². The fourth-order valence-electron chi connectivity index (χ4n) is 0.848. The summed E-state index contributed by atoms with van der Waals surface area (Å²) in [6, 6.07) is 3.46. The van der Waals surface area contributed by atoms with Crippen LogP contribution in [0.5, 0.6) is 0 Å². The van der Waals surface area contributed by atoms with Crippen molar-refractivity contribution in [3.8, 4) is 0 Å². The van der Waals surface area contributed by atoms with E-state index in [2.05, 4.69) is 0 Å². The summed E-state index contributed by atoms with van der Waals surface area (Å²) in [4.78, 5) is 0. The molecule has 66 valence electrons. The molecule has 1 aromatic carbocycles. The zero-order valence-corrected chi connectivity index (χ0v) is 9.27. The van der Waals surface area contributed by atoms with E-state index < -0.39 is 0 Å². The highest BCUT2D eigenvalue weighted by molar-refractivity contribution is 6.48. The molecule has 0 aliphatic rings. The minimum Gasteiger partial charge on any atom is -0.118 e. The first-order valence-electron chi connectivity index (χ1n) is 3.31. The average molecular weight is 244 g/mol. The number of hydrogen-bond donors (Lipinski definition) is 0. The Labute approximate surface area is 91.4 Å². The molecule has 12 heavy (non-hydrogen) atoms. The highest BCUT2D eigenvalue weighted by Crippen LogP contribution is 2.36. The quantitative estimate of drug-likeness (QED) is 0.484. The summed E-state index contributed by atoms with van der Waals surface area (Å²) in [5, 5.41) is 1.09. The molecule has 0 aliphatic carbocycles. The maximum atomic E-state index is 5.89. The van der Waals surface area contributed by atoms with Gasteiger partial charge in [-0.1, -0.05) is 40.9 Å². The van der Waals surface area contributed by atoms with Gasteiger partial charge in [-0.2, -0.15) is 0 Å². The molecule has 0 saturated carbocycles. The van der Waals surface area contributed by atoms with E-state index in [1.165, 1.54) is 0 Å². The van der Waals surface area contributed by atoms with Crippen LogP contribution in [-0.2, 0) is 0 Å². The van der Waals surface area contributed by atoms with Crippen molar-refractivity contribution in [2.45, 2.75) is 12.3 Å². The molecule has 0 saturated heterocycles. The molecule has 0 aliphatic heterocycles. The lowest BCUT2D eigenvalue weighted by Gasteiger charge is -2.08. The maximum Gasteiger partial charge on any atom is 0.0781 e. The van der Waals surface area contributed by atoms with E-state index in [1.54, 1.807) is 12.1 Å². The van der Waals surface area contributed by atoms with Gasteiger partial charge in [0.05, 0.1) is 20.4 Å². The maximum absolute atomic E-state index is 5.89. The van der Waals surface area contributed by atoms with Gasteiger partial charge in [-0.15, -0.1) is 11.6 Å². The molecular weight excluding hydrogens is 238 g/mol. The van der Waals surface area contributed by atoms with Crippen LogP contribution >= 0.6 is 46.4 Å². The van der Waals surface area contributed by atoms with Crippen molar-refractivity contribution in [3.63, 3.8) is 0 Å². The molecule has 0 bridgehead atoms. The number of rotatable bonds is 1. The topological polar surface area (TPSA) is 0 Å². The van der Waals surface area contributed by atoms with Crippen molar-refractivity contribution < 1.29 is 0 Å². The SMILES string of the molecule is CC(Cl)c1ccc(Cl)c(Cl)c1Cl. The molecule has 0 fully saturated rings. The molecule has 1 aromatic rings. The summed E-state index contributed by atoms with van der Waals surface area (Å²) in [6.07, 6.45) is 0. The van der Waals surface area contributed by atoms with Crippen LogP contribution in [0.1, 0.15) is 17.9 Å². The molecule has 0 amide bonds. The molecule has 1 rings (SSSR count). The van der Waals surface area contributed by atoms with Gasteiger partial charge in [-0.25, -0.2) is 0 Å². The third-order valence-corrected chi connectivity index (χ3v) is 3.04. The van der Waals surface area contributed by atoms with Gasteiger partial charge in [0.15, 0.2) is 0 Å². The van der Waals surface area contributed by atoms with E-state index in [-0.39, 0.29) is 5.38 Å². The second-order valence-corrected chi connectivity index (χ2v) is 4.20. The standard InChI is InChI=1S/C8H6Cl4/c1-4(9)5-2-3-6(10)8(12)7(5)11/h2-4H,1H3. The van der Waals surface area contributed by atoms with Gasteiger partial charge in [-0.05, 0) is 18.6 Å². The molecule has 0 radical (unpaired) electrons. The van der Waals surface area contributed by atoms with Crippen LogP contribution in [0.3, 0.4) is 0 Å². The minimum atomic E-state index is -0.160. The summed E-state index contributed by atoms with van der Waals surface area (Å²) in [5.41, 5.74) is 0.799. The van der Waals surface area contributed by atoms with Crippen LogP contribution in [0.25, 0.3) is 0 Å². The lowest BCUT2D eigenvalue weighted by Crippen LogP contribution is -1.86. The smallest absolute Gasteiger partial charge is 0.0781 e. The molecular formula is C8H6Cl4. The lowest BCUT2D eigenvalue weighted by molar-refractivity contribution is 1.08. The zero-order chi connectivity index (χ0) is 9.30. The first-order chi connectivity index (χ1) is 5.54. The number of benzene rings is 1. The highest BCUT2D eigenvalue weighted by Gasteiger charge is 2.11. The van der Waals surface area contributed by atoms with Gasteiger partial charge in [0.1, 0.15) is 0 Å². The fraction of sp³-hybridized carbons (Fsp3) is 0.250. The first kappa shape index (κ1) is 10.5. The summed E-state index contributed by atoms with van der Waals surface area (Å²) >= 11 is 23.3. The van der Waals surface area contributed by atoms with Crippen LogP contribution in [0, 0.1) is 0 Å². The van der Waals surface area contributed by atoms with Crippen LogP contribution in [0.2, 0.25) is 15.1 Å². The van der Waals surface area contributed by atoms with Gasteiger partial charge < -0.3 is 0 Å². The van der Waals surface area contributed by atoms with Gasteiger partial charge >= 0.3 is 0 Å².